The van der Waals surface area contributed by atoms with Crippen molar-refractivity contribution in [1.29, 1.82) is 0 Å². The lowest BCUT2D eigenvalue weighted by Gasteiger charge is -2.12. The van der Waals surface area contributed by atoms with Crippen molar-refractivity contribution in [2.24, 2.45) is 0 Å². The number of benzene rings is 7. The minimum atomic E-state index is 0.665. The third-order valence-electron chi connectivity index (χ3n) is 10.9. The van der Waals surface area contributed by atoms with E-state index in [0.29, 0.717) is 17.5 Å². The molecule has 7 aromatic carbocycles. The predicted molar refractivity (Wildman–Crippen MR) is 234 cm³/mol. The van der Waals surface area contributed by atoms with Crippen LogP contribution in [0, 0.1) is 0 Å². The highest BCUT2D eigenvalue weighted by Gasteiger charge is 2.19. The second kappa shape index (κ2) is 13.4. The lowest BCUT2D eigenvalue weighted by atomic mass is 9.98. The van der Waals surface area contributed by atoms with Crippen molar-refractivity contribution >= 4 is 55.4 Å². The van der Waals surface area contributed by atoms with Crippen LogP contribution in [0.25, 0.3) is 106 Å². The molecule has 1 aliphatic carbocycles. The second-order valence-corrected chi connectivity index (χ2v) is 15.4. The van der Waals surface area contributed by atoms with Gasteiger partial charge in [-0.05, 0) is 76.7 Å². The van der Waals surface area contributed by atoms with Gasteiger partial charge in [-0.1, -0.05) is 146 Å². The number of hydrogen-bond donors (Lipinski definition) is 0. The van der Waals surface area contributed by atoms with Crippen LogP contribution in [0.1, 0.15) is 12.8 Å². The summed E-state index contributed by atoms with van der Waals surface area (Å²) in [6.45, 7) is 0. The lowest BCUT2D eigenvalue weighted by molar-refractivity contribution is 1.08. The topological polar surface area (TPSA) is 43.6 Å². The maximum absolute atomic E-state index is 5.19. The number of hydrogen-bond acceptors (Lipinski definition) is 4. The molecule has 4 nitrogen and oxygen atoms in total. The fraction of sp³-hybridized carbons (Fsp3) is 0.0392. The van der Waals surface area contributed by atoms with Crippen LogP contribution in [0.5, 0.6) is 0 Å². The molecule has 0 aliphatic heterocycles. The Kier molecular flexibility index (Phi) is 7.78. The molecule has 1 aliphatic rings. The fourth-order valence-electron chi connectivity index (χ4n) is 8.16. The molecule has 5 heteroatoms. The number of para-hydroxylation sites is 1. The predicted octanol–water partition coefficient (Wildman–Crippen LogP) is 11.9. The standard InChI is InChI=1S/C51H34N4S/c1-4-14-33(15-5-1)37-26-29-41-40-20-10-12-22-45(40)55(46(41)32-37)39-27-24-34(25-28-39)38-30-43-42-21-11-13-23-47(42)56-48(43)44(31-38)51-53-49(35-16-6-2-7-17-35)52-50(54-51)36-18-8-3-9-19-36/h1-10,12,14-32H,11,13H2. The molecular formula is C51H34N4S. The van der Waals surface area contributed by atoms with Crippen LogP contribution in [0.2, 0.25) is 0 Å². The molecule has 3 aromatic heterocycles. The maximum Gasteiger partial charge on any atom is 0.165 e. The molecule has 0 N–H and O–H groups in total. The Labute approximate surface area is 328 Å². The van der Waals surface area contributed by atoms with Crippen molar-refractivity contribution in [3.63, 3.8) is 0 Å². The quantitative estimate of drug-likeness (QED) is 0.171. The average molecular weight is 735 g/mol. The molecule has 0 bridgehead atoms. The Morgan fingerprint density at radius 2 is 0.982 bits per heavy atom. The van der Waals surface area contributed by atoms with Crippen LogP contribution >= 0.6 is 11.3 Å². The average Bonchev–Trinajstić information content (AvgIpc) is 3.82. The van der Waals surface area contributed by atoms with Crippen LogP contribution < -0.4 is 9.75 Å². The van der Waals surface area contributed by atoms with Gasteiger partial charge < -0.3 is 4.57 Å². The third-order valence-corrected chi connectivity index (χ3v) is 12.1. The first kappa shape index (κ1) is 32.5. The largest absolute Gasteiger partial charge is 0.309 e. The Hall–Kier alpha value is -6.95. The summed E-state index contributed by atoms with van der Waals surface area (Å²) in [5.74, 6) is 2.01. The Bertz CT molecular complexity index is 3160. The molecule has 0 saturated carbocycles. The van der Waals surface area contributed by atoms with E-state index in [-0.39, 0.29) is 0 Å². The van der Waals surface area contributed by atoms with Gasteiger partial charge >= 0.3 is 0 Å². The zero-order valence-electron chi connectivity index (χ0n) is 30.4. The van der Waals surface area contributed by atoms with E-state index in [1.807, 2.05) is 47.7 Å². The van der Waals surface area contributed by atoms with E-state index in [1.54, 1.807) is 0 Å². The van der Waals surface area contributed by atoms with Gasteiger partial charge in [0.2, 0.25) is 0 Å². The summed E-state index contributed by atoms with van der Waals surface area (Å²) in [7, 11) is 0. The number of fused-ring (bicyclic) bond motifs is 6. The van der Waals surface area contributed by atoms with Gasteiger partial charge in [0.25, 0.3) is 0 Å². The Morgan fingerprint density at radius 3 is 1.70 bits per heavy atom. The Balaban J connectivity index is 1.09. The van der Waals surface area contributed by atoms with Gasteiger partial charge in [-0.15, -0.1) is 11.3 Å². The van der Waals surface area contributed by atoms with Crippen molar-refractivity contribution < 1.29 is 0 Å². The summed E-state index contributed by atoms with van der Waals surface area (Å²) in [6, 6.07) is 60.3. The van der Waals surface area contributed by atoms with Gasteiger partial charge in [-0.25, -0.2) is 15.0 Å². The first-order valence-electron chi connectivity index (χ1n) is 19.1. The second-order valence-electron chi connectivity index (χ2n) is 14.3. The first-order chi connectivity index (χ1) is 27.7. The first-order valence-corrected chi connectivity index (χ1v) is 19.9. The smallest absolute Gasteiger partial charge is 0.165 e. The molecule has 0 atom stereocenters. The number of aromatic nitrogens is 4. The van der Waals surface area contributed by atoms with E-state index in [2.05, 4.69) is 150 Å². The van der Waals surface area contributed by atoms with Crippen molar-refractivity contribution in [2.45, 2.75) is 12.8 Å². The summed E-state index contributed by atoms with van der Waals surface area (Å²) in [5, 5.41) is 5.06. The molecule has 0 fully saturated rings. The molecule has 3 heterocycles. The van der Waals surface area contributed by atoms with Crippen molar-refractivity contribution in [3.05, 3.63) is 180 Å². The zero-order valence-corrected chi connectivity index (χ0v) is 31.2. The minimum absolute atomic E-state index is 0.665. The van der Waals surface area contributed by atoms with E-state index in [4.69, 9.17) is 15.0 Å². The molecule has 56 heavy (non-hydrogen) atoms. The van der Waals surface area contributed by atoms with Crippen LogP contribution in [-0.2, 0) is 0 Å². The summed E-state index contributed by atoms with van der Waals surface area (Å²) in [5.41, 5.74) is 11.2. The van der Waals surface area contributed by atoms with Gasteiger partial charge in [0, 0.05) is 47.8 Å². The monoisotopic (exact) mass is 734 g/mol. The van der Waals surface area contributed by atoms with Gasteiger partial charge in [0.15, 0.2) is 17.5 Å². The SMILES string of the molecule is C1=c2sc3c(-c4nc(-c5ccccc5)nc(-c5ccccc5)n4)cc(-c4ccc(-n5c6ccccc6c6ccc(-c7ccccc7)cc65)cc4)cc3c2=CCC1. The maximum atomic E-state index is 5.19. The van der Waals surface area contributed by atoms with Gasteiger partial charge in [-0.2, -0.15) is 0 Å². The van der Waals surface area contributed by atoms with Crippen LogP contribution in [0.4, 0.5) is 0 Å². The van der Waals surface area contributed by atoms with Crippen LogP contribution in [-0.4, -0.2) is 19.5 Å². The van der Waals surface area contributed by atoms with Crippen LogP contribution in [0.15, 0.2) is 170 Å². The van der Waals surface area contributed by atoms with Crippen molar-refractivity contribution in [2.75, 3.05) is 0 Å². The highest BCUT2D eigenvalue weighted by Crippen LogP contribution is 2.38. The van der Waals surface area contributed by atoms with Crippen molar-refractivity contribution in [1.82, 2.24) is 19.5 Å². The highest BCUT2D eigenvalue weighted by atomic mass is 32.1. The van der Waals surface area contributed by atoms with E-state index in [0.717, 1.165) is 46.3 Å². The van der Waals surface area contributed by atoms with Crippen molar-refractivity contribution in [3.8, 4) is 62.1 Å². The number of nitrogens with zero attached hydrogens (tertiary/aromatic N) is 4. The molecule has 0 unspecified atom stereocenters. The fourth-order valence-corrected chi connectivity index (χ4v) is 9.43. The third kappa shape index (κ3) is 5.55. The van der Waals surface area contributed by atoms with Gasteiger partial charge in [0.05, 0.1) is 11.0 Å². The number of rotatable bonds is 6. The normalized spacial score (nSPS) is 12.4. The molecular weight excluding hydrogens is 701 g/mol. The Morgan fingerprint density at radius 1 is 0.411 bits per heavy atom. The van der Waals surface area contributed by atoms with E-state index in [9.17, 15) is 0 Å². The molecule has 0 saturated heterocycles. The molecule has 264 valence electrons. The summed E-state index contributed by atoms with van der Waals surface area (Å²) in [6.07, 6.45) is 6.88. The number of thiophene rings is 1. The molecule has 11 rings (SSSR count). The van der Waals surface area contributed by atoms with Gasteiger partial charge in [0.1, 0.15) is 0 Å². The molecule has 10 aromatic rings. The van der Waals surface area contributed by atoms with E-state index < -0.39 is 0 Å². The minimum Gasteiger partial charge on any atom is -0.309 e. The zero-order chi connectivity index (χ0) is 37.0. The summed E-state index contributed by atoms with van der Waals surface area (Å²) < 4.78 is 4.92. The lowest BCUT2D eigenvalue weighted by Crippen LogP contribution is -2.20. The van der Waals surface area contributed by atoms with Crippen LogP contribution in [0.3, 0.4) is 0 Å². The summed E-state index contributed by atoms with van der Waals surface area (Å²) in [4.78, 5) is 15.4. The van der Waals surface area contributed by atoms with E-state index in [1.165, 1.54) is 52.8 Å². The van der Waals surface area contributed by atoms with E-state index >= 15 is 0 Å². The molecule has 0 spiro atoms. The molecule has 0 radical (unpaired) electrons. The molecule has 0 amide bonds. The van der Waals surface area contributed by atoms with Gasteiger partial charge in [-0.3, -0.25) is 0 Å². The summed E-state index contributed by atoms with van der Waals surface area (Å²) >= 11 is 1.84. The highest BCUT2D eigenvalue weighted by molar-refractivity contribution is 7.17.